The second-order valence-corrected chi connectivity index (χ2v) is 12.4. The van der Waals surface area contributed by atoms with E-state index in [1.807, 2.05) is 5.06 Å². The number of aliphatic hydroxyl groups excluding tert-OH is 1. The highest BCUT2D eigenvalue weighted by atomic mass is 35.5. The van der Waals surface area contributed by atoms with E-state index in [1.165, 1.54) is 0 Å². The molecule has 0 unspecified atom stereocenters. The molecule has 1 N–H and O–H groups in total. The minimum absolute atomic E-state index is 0.343. The van der Waals surface area contributed by atoms with E-state index in [-0.39, 0.29) is 16.0 Å². The fourth-order valence-corrected chi connectivity index (χ4v) is 6.66. The second kappa shape index (κ2) is 10.6. The van der Waals surface area contributed by atoms with E-state index in [2.05, 4.69) is 27.7 Å². The average molecular weight is 549 g/mol. The van der Waals surface area contributed by atoms with Crippen LogP contribution in [-0.2, 0) is 9.63 Å². The molecule has 1 aliphatic carbocycles. The van der Waals surface area contributed by atoms with Gasteiger partial charge in [0.05, 0.1) is 23.9 Å². The first kappa shape index (κ1) is 28.0. The van der Waals surface area contributed by atoms with Crippen molar-refractivity contribution in [2.45, 2.75) is 88.1 Å². The van der Waals surface area contributed by atoms with Crippen LogP contribution in [0.15, 0.2) is 48.5 Å². The van der Waals surface area contributed by atoms with Crippen LogP contribution in [0, 0.1) is 16.0 Å². The van der Waals surface area contributed by atoms with Crippen LogP contribution < -0.4 is 0 Å². The average Bonchev–Trinajstić information content (AvgIpc) is 2.82. The minimum Gasteiger partial charge on any atom is -0.390 e. The highest BCUT2D eigenvalue weighted by molar-refractivity contribution is 6.30. The molecule has 4 rings (SSSR count). The number of carbonyl (C=O) groups is 1. The first-order chi connectivity index (χ1) is 17.4. The van der Waals surface area contributed by atoms with Gasteiger partial charge in [-0.2, -0.15) is 5.06 Å². The summed E-state index contributed by atoms with van der Waals surface area (Å²) < 4.78 is 0. The molecule has 0 amide bonds. The molecule has 1 aliphatic heterocycles. The number of aliphatic hydroxyl groups is 1. The molecule has 9 heteroatoms. The lowest BCUT2D eigenvalue weighted by atomic mass is 9.63. The van der Waals surface area contributed by atoms with Crippen molar-refractivity contribution in [3.8, 4) is 0 Å². The maximum atomic E-state index is 12.8. The zero-order valence-electron chi connectivity index (χ0n) is 21.5. The number of hydrogen-bond acceptors (Lipinski definition) is 6. The zero-order chi connectivity index (χ0) is 27.1. The Labute approximate surface area is 227 Å². The summed E-state index contributed by atoms with van der Waals surface area (Å²) in [5, 5.41) is 27.4. The number of nitro groups is 1. The topological polar surface area (TPSA) is 92.9 Å². The number of nitrogens with zero attached hydrogens (tertiary/aromatic N) is 2. The quantitative estimate of drug-likeness (QED) is 0.268. The maximum absolute atomic E-state index is 12.8. The van der Waals surface area contributed by atoms with Crippen molar-refractivity contribution >= 4 is 29.5 Å². The summed E-state index contributed by atoms with van der Waals surface area (Å²) in [6.07, 6.45) is 1.06. The molecule has 2 aromatic carbocycles. The number of hydroxylamine groups is 2. The van der Waals surface area contributed by atoms with Crippen molar-refractivity contribution in [3.63, 3.8) is 0 Å². The lowest BCUT2D eigenvalue weighted by Gasteiger charge is -2.55. The number of hydrogen-bond donors (Lipinski definition) is 1. The molecular weight excluding hydrogens is 515 g/mol. The van der Waals surface area contributed by atoms with Crippen LogP contribution >= 0.6 is 23.2 Å². The highest BCUT2D eigenvalue weighted by Gasteiger charge is 2.59. The first-order valence-electron chi connectivity index (χ1n) is 12.6. The Morgan fingerprint density at radius 2 is 1.41 bits per heavy atom. The summed E-state index contributed by atoms with van der Waals surface area (Å²) >= 11 is 12.2. The van der Waals surface area contributed by atoms with Gasteiger partial charge < -0.3 is 9.90 Å². The maximum Gasteiger partial charge on any atom is 0.230 e. The van der Waals surface area contributed by atoms with Crippen LogP contribution in [0.5, 0.6) is 0 Å². The monoisotopic (exact) mass is 548 g/mol. The summed E-state index contributed by atoms with van der Waals surface area (Å²) in [5.74, 6) is -2.79. The van der Waals surface area contributed by atoms with Gasteiger partial charge in [-0.1, -0.05) is 47.5 Å². The van der Waals surface area contributed by atoms with Gasteiger partial charge in [-0.15, -0.1) is 0 Å². The summed E-state index contributed by atoms with van der Waals surface area (Å²) in [6.45, 7) is 8.27. The van der Waals surface area contributed by atoms with E-state index in [9.17, 15) is 20.0 Å². The van der Waals surface area contributed by atoms with Gasteiger partial charge in [-0.3, -0.25) is 15.0 Å². The van der Waals surface area contributed by atoms with Gasteiger partial charge in [0.1, 0.15) is 12.4 Å². The van der Waals surface area contributed by atoms with E-state index in [4.69, 9.17) is 28.0 Å². The van der Waals surface area contributed by atoms with Gasteiger partial charge in [0.25, 0.3) is 0 Å². The van der Waals surface area contributed by atoms with Crippen LogP contribution in [0.25, 0.3) is 0 Å². The van der Waals surface area contributed by atoms with Gasteiger partial charge >= 0.3 is 0 Å². The summed E-state index contributed by atoms with van der Waals surface area (Å²) in [6, 6.07) is 12.2. The lowest BCUT2D eigenvalue weighted by Crippen LogP contribution is -2.64. The Morgan fingerprint density at radius 3 is 1.84 bits per heavy atom. The van der Waals surface area contributed by atoms with Crippen LogP contribution in [0.3, 0.4) is 0 Å². The molecule has 0 spiro atoms. The van der Waals surface area contributed by atoms with Crippen molar-refractivity contribution in [2.24, 2.45) is 5.92 Å². The molecule has 0 radical (unpaired) electrons. The molecule has 2 fully saturated rings. The normalized spacial score (nSPS) is 31.5. The fourth-order valence-electron chi connectivity index (χ4n) is 6.40. The summed E-state index contributed by atoms with van der Waals surface area (Å²) in [4.78, 5) is 31.6. The van der Waals surface area contributed by atoms with Crippen molar-refractivity contribution in [2.75, 3.05) is 0 Å². The Bertz CT molecular complexity index is 1110. The number of halogens is 2. The van der Waals surface area contributed by atoms with Crippen molar-refractivity contribution in [1.29, 1.82) is 0 Å². The van der Waals surface area contributed by atoms with Gasteiger partial charge in [0.2, 0.25) is 6.04 Å². The second-order valence-electron chi connectivity index (χ2n) is 11.5. The van der Waals surface area contributed by atoms with Crippen LogP contribution in [0.4, 0.5) is 0 Å². The van der Waals surface area contributed by atoms with E-state index < -0.39 is 36.0 Å². The molecule has 7 nitrogen and oxygen atoms in total. The molecule has 1 saturated heterocycles. The van der Waals surface area contributed by atoms with Crippen molar-refractivity contribution < 1.29 is 19.7 Å². The largest absolute Gasteiger partial charge is 0.390 e. The first-order valence-corrected chi connectivity index (χ1v) is 13.4. The van der Waals surface area contributed by atoms with E-state index in [1.54, 1.807) is 48.5 Å². The Hall–Kier alpha value is -2.03. The predicted octanol–water partition coefficient (Wildman–Crippen LogP) is 6.04. The number of rotatable bonds is 6. The molecule has 37 heavy (non-hydrogen) atoms. The predicted molar refractivity (Wildman–Crippen MR) is 143 cm³/mol. The Kier molecular flexibility index (Phi) is 8.03. The van der Waals surface area contributed by atoms with E-state index in [0.29, 0.717) is 27.5 Å². The Balaban J connectivity index is 1.88. The molecule has 6 atom stereocenters. The SMILES string of the molecule is CC1(C)CCCC(C)(C)N1O[C@@H]1[C@@H](O)[C@H](C=O)[C@@H](c2ccc(Cl)cc2)[C@H]([N+](=O)[O-])[C@@H]1c1ccc(Cl)cc1. The molecular formula is C28H34Cl2N2O5. The van der Waals surface area contributed by atoms with Gasteiger partial charge in [0.15, 0.2) is 0 Å². The van der Waals surface area contributed by atoms with Crippen LogP contribution in [0.1, 0.15) is 69.9 Å². The van der Waals surface area contributed by atoms with Crippen LogP contribution in [-0.4, -0.2) is 50.7 Å². The smallest absolute Gasteiger partial charge is 0.230 e. The van der Waals surface area contributed by atoms with E-state index in [0.717, 1.165) is 19.3 Å². The Morgan fingerprint density at radius 1 is 0.946 bits per heavy atom. The van der Waals surface area contributed by atoms with Gasteiger partial charge in [0, 0.05) is 26.0 Å². The molecule has 2 aliphatic rings. The number of piperidine rings is 1. The van der Waals surface area contributed by atoms with Crippen molar-refractivity contribution in [3.05, 3.63) is 79.8 Å². The van der Waals surface area contributed by atoms with E-state index >= 15 is 0 Å². The third-order valence-corrected chi connectivity index (χ3v) is 8.55. The van der Waals surface area contributed by atoms with Gasteiger partial charge in [-0.25, -0.2) is 0 Å². The number of benzene rings is 2. The summed E-state index contributed by atoms with van der Waals surface area (Å²) in [7, 11) is 0. The zero-order valence-corrected chi connectivity index (χ0v) is 23.0. The molecule has 200 valence electrons. The number of carbonyl (C=O) groups excluding carboxylic acids is 1. The summed E-state index contributed by atoms with van der Waals surface area (Å²) in [5.41, 5.74) is 0.434. The third-order valence-electron chi connectivity index (χ3n) is 8.05. The van der Waals surface area contributed by atoms with Crippen molar-refractivity contribution in [1.82, 2.24) is 5.06 Å². The minimum atomic E-state index is -1.29. The third kappa shape index (κ3) is 5.43. The van der Waals surface area contributed by atoms with Crippen LogP contribution in [0.2, 0.25) is 10.0 Å². The molecule has 2 aromatic rings. The fraction of sp³-hybridized carbons (Fsp3) is 0.536. The van der Waals surface area contributed by atoms with Gasteiger partial charge in [-0.05, 0) is 82.3 Å². The molecule has 0 aromatic heterocycles. The molecule has 1 heterocycles. The standard InChI is InChI=1S/C28H34Cl2N2O5/c1-27(2)14-5-15-28(3,4)32(27)37-26-23(18-8-12-20(30)13-9-18)24(31(35)36)22(21(16-33)25(26)34)17-6-10-19(29)11-7-17/h6-13,16,21-26,34H,5,14-15H2,1-4H3/t21-,22-,23+,24+,25+,26+/m1/s1. The highest BCUT2D eigenvalue weighted by Crippen LogP contribution is 2.49. The molecule has 0 bridgehead atoms. The lowest BCUT2D eigenvalue weighted by molar-refractivity contribution is -0.542. The number of aldehydes is 1. The molecule has 1 saturated carbocycles.